The zero-order valence-electron chi connectivity index (χ0n) is 22.2. The highest BCUT2D eigenvalue weighted by Gasteiger charge is 2.44. The van der Waals surface area contributed by atoms with E-state index in [0.717, 1.165) is 21.7 Å². The predicted molar refractivity (Wildman–Crippen MR) is 141 cm³/mol. The van der Waals surface area contributed by atoms with Crippen LogP contribution in [0.1, 0.15) is 65.3 Å². The van der Waals surface area contributed by atoms with Gasteiger partial charge in [0.2, 0.25) is 11.8 Å². The van der Waals surface area contributed by atoms with Crippen LogP contribution in [0.4, 0.5) is 0 Å². The highest BCUT2D eigenvalue weighted by Crippen LogP contribution is 2.30. The number of thiazole rings is 1. The Labute approximate surface area is 213 Å². The molecule has 0 unspecified atom stereocenters. The van der Waals surface area contributed by atoms with Crippen LogP contribution in [0.25, 0.3) is 10.4 Å². The monoisotopic (exact) mass is 500 g/mol. The molecule has 35 heavy (non-hydrogen) atoms. The van der Waals surface area contributed by atoms with E-state index in [1.807, 2.05) is 66.1 Å². The number of methoxy groups -OCH3 is 1. The molecule has 0 radical (unpaired) electrons. The summed E-state index contributed by atoms with van der Waals surface area (Å²) < 4.78 is 5.57. The van der Waals surface area contributed by atoms with Gasteiger partial charge in [0.1, 0.15) is 6.04 Å². The van der Waals surface area contributed by atoms with Crippen molar-refractivity contribution in [1.82, 2.24) is 20.5 Å². The Morgan fingerprint density at radius 1 is 1.17 bits per heavy atom. The molecule has 192 valence electrons. The van der Waals surface area contributed by atoms with Crippen LogP contribution in [-0.2, 0) is 14.3 Å². The Kier molecular flexibility index (Phi) is 8.72. The number of benzene rings is 1. The summed E-state index contributed by atoms with van der Waals surface area (Å²) in [5.74, 6) is -0.201. The molecule has 2 N–H and O–H groups in total. The summed E-state index contributed by atoms with van der Waals surface area (Å²) in [7, 11) is 1.64. The molecule has 1 aromatic carbocycles. The Balaban J connectivity index is 1.74. The van der Waals surface area contributed by atoms with Crippen LogP contribution >= 0.6 is 11.3 Å². The second kappa shape index (κ2) is 11.2. The maximum absolute atomic E-state index is 13.7. The molecule has 2 amide bonds. The van der Waals surface area contributed by atoms with Gasteiger partial charge in [-0.3, -0.25) is 9.59 Å². The molecule has 3 rings (SSSR count). The number of amides is 2. The summed E-state index contributed by atoms with van der Waals surface area (Å²) in [6, 6.07) is 7.21. The molecule has 4 atom stereocenters. The lowest BCUT2D eigenvalue weighted by Gasteiger charge is -2.36. The van der Waals surface area contributed by atoms with E-state index in [1.54, 1.807) is 23.3 Å². The van der Waals surface area contributed by atoms with Crippen molar-refractivity contribution in [3.63, 3.8) is 0 Å². The van der Waals surface area contributed by atoms with E-state index in [-0.39, 0.29) is 35.4 Å². The van der Waals surface area contributed by atoms with E-state index in [2.05, 4.69) is 27.8 Å². The number of nitrogens with one attached hydrogen (secondary N) is 2. The Bertz CT molecular complexity index is 1010. The van der Waals surface area contributed by atoms with Gasteiger partial charge in [-0.15, -0.1) is 11.3 Å². The Morgan fingerprint density at radius 3 is 2.34 bits per heavy atom. The molecule has 7 nitrogen and oxygen atoms in total. The molecule has 1 aliphatic rings. The number of aryl methyl sites for hydroxylation is 1. The molecule has 0 bridgehead atoms. The Morgan fingerprint density at radius 2 is 1.83 bits per heavy atom. The Hall–Kier alpha value is -2.29. The minimum atomic E-state index is -0.562. The maximum Gasteiger partial charge on any atom is 0.243 e. The van der Waals surface area contributed by atoms with Gasteiger partial charge in [0.15, 0.2) is 0 Å². The van der Waals surface area contributed by atoms with Gasteiger partial charge in [0.25, 0.3) is 0 Å². The molecule has 2 aromatic rings. The van der Waals surface area contributed by atoms with Crippen molar-refractivity contribution in [3.8, 4) is 10.4 Å². The maximum atomic E-state index is 13.7. The smallest absolute Gasteiger partial charge is 0.243 e. The van der Waals surface area contributed by atoms with Crippen molar-refractivity contribution < 1.29 is 14.3 Å². The van der Waals surface area contributed by atoms with Crippen molar-refractivity contribution >= 4 is 23.2 Å². The lowest BCUT2D eigenvalue weighted by Crippen LogP contribution is -2.58. The van der Waals surface area contributed by atoms with Gasteiger partial charge in [0, 0.05) is 26.1 Å². The lowest BCUT2D eigenvalue weighted by atomic mass is 9.85. The van der Waals surface area contributed by atoms with Gasteiger partial charge >= 0.3 is 0 Å². The van der Waals surface area contributed by atoms with Crippen LogP contribution in [0.2, 0.25) is 0 Å². The quantitative estimate of drug-likeness (QED) is 0.564. The number of carbonyl (C=O) groups is 2. The van der Waals surface area contributed by atoms with Gasteiger partial charge in [-0.2, -0.15) is 0 Å². The third kappa shape index (κ3) is 6.48. The van der Waals surface area contributed by atoms with E-state index < -0.39 is 12.1 Å². The van der Waals surface area contributed by atoms with Crippen molar-refractivity contribution in [2.75, 3.05) is 13.7 Å². The van der Waals surface area contributed by atoms with Crippen molar-refractivity contribution in [2.24, 2.45) is 5.41 Å². The topological polar surface area (TPSA) is 83.6 Å². The first-order valence-corrected chi connectivity index (χ1v) is 13.2. The van der Waals surface area contributed by atoms with Crippen molar-refractivity contribution in [1.29, 1.82) is 0 Å². The molecule has 0 spiro atoms. The van der Waals surface area contributed by atoms with Gasteiger partial charge in [-0.25, -0.2) is 4.98 Å². The number of ether oxygens (including phenoxy) is 1. The minimum Gasteiger partial charge on any atom is -0.380 e. The molecule has 2 heterocycles. The first kappa shape index (κ1) is 27.3. The molecule has 8 heteroatoms. The van der Waals surface area contributed by atoms with E-state index in [4.69, 9.17) is 4.74 Å². The number of nitrogens with zero attached hydrogens (tertiary/aromatic N) is 2. The van der Waals surface area contributed by atoms with Crippen LogP contribution in [-0.4, -0.2) is 59.6 Å². The van der Waals surface area contributed by atoms with Crippen molar-refractivity contribution in [3.05, 3.63) is 41.0 Å². The van der Waals surface area contributed by atoms with E-state index >= 15 is 0 Å². The molecule has 0 aliphatic carbocycles. The van der Waals surface area contributed by atoms with Gasteiger partial charge in [-0.1, -0.05) is 58.9 Å². The fourth-order valence-electron chi connectivity index (χ4n) is 4.55. The number of rotatable bonds is 8. The molecular weight excluding hydrogens is 460 g/mol. The summed E-state index contributed by atoms with van der Waals surface area (Å²) in [6.07, 6.45) is 0.328. The largest absolute Gasteiger partial charge is 0.380 e. The summed E-state index contributed by atoms with van der Waals surface area (Å²) in [4.78, 5) is 34.3. The average Bonchev–Trinajstić information content (AvgIpc) is 3.42. The summed E-state index contributed by atoms with van der Waals surface area (Å²) in [6.45, 7) is 14.6. The average molecular weight is 501 g/mol. The van der Waals surface area contributed by atoms with Crippen LogP contribution < -0.4 is 10.6 Å². The third-order valence-electron chi connectivity index (χ3n) is 6.57. The molecule has 1 aromatic heterocycles. The number of likely N-dealkylation sites (tertiary alicyclic amines) is 1. The van der Waals surface area contributed by atoms with Gasteiger partial charge < -0.3 is 20.3 Å². The number of aromatic nitrogens is 1. The van der Waals surface area contributed by atoms with Crippen molar-refractivity contribution in [2.45, 2.75) is 85.2 Å². The first-order chi connectivity index (χ1) is 16.4. The predicted octanol–water partition coefficient (Wildman–Crippen LogP) is 4.32. The number of hydrogen-bond donors (Lipinski definition) is 2. The summed E-state index contributed by atoms with van der Waals surface area (Å²) >= 11 is 1.62. The standard InChI is InChI=1S/C27H40N4O3S/c1-16(2)29-24(27(5,6)7)26(33)31-14-21(34-8)13-22(31)25(32)30-17(3)19-9-11-20(12-10-19)23-18(4)28-15-35-23/h9-12,15-17,21-22,24,29H,13-14H2,1-8H3,(H,30,32)/t17-,21+,22-,24+/m1/s1. The third-order valence-corrected chi connectivity index (χ3v) is 7.55. The molecule has 1 fully saturated rings. The van der Waals surface area contributed by atoms with Crippen LogP contribution in [0.15, 0.2) is 29.8 Å². The summed E-state index contributed by atoms with van der Waals surface area (Å²) in [5.41, 5.74) is 4.71. The number of carbonyl (C=O) groups excluding carboxylic acids is 2. The second-order valence-corrected chi connectivity index (χ2v) is 11.7. The first-order valence-electron chi connectivity index (χ1n) is 12.3. The van der Waals surface area contributed by atoms with Gasteiger partial charge in [0.05, 0.1) is 34.3 Å². The molecule has 1 aliphatic heterocycles. The SMILES string of the molecule is CO[C@H]1C[C@H](C(=O)N[C@H](C)c2ccc(-c3scnc3C)cc2)N(C(=O)[C@H](NC(C)C)C(C)(C)C)C1. The van der Waals surface area contributed by atoms with E-state index in [0.29, 0.717) is 13.0 Å². The number of hydrogen-bond acceptors (Lipinski definition) is 6. The zero-order chi connectivity index (χ0) is 25.9. The zero-order valence-corrected chi connectivity index (χ0v) is 23.0. The highest BCUT2D eigenvalue weighted by molar-refractivity contribution is 7.13. The van der Waals surface area contributed by atoms with E-state index in [9.17, 15) is 9.59 Å². The molecule has 0 saturated carbocycles. The lowest BCUT2D eigenvalue weighted by molar-refractivity contribution is -0.142. The second-order valence-electron chi connectivity index (χ2n) is 10.8. The fourth-order valence-corrected chi connectivity index (χ4v) is 5.36. The normalized spacial score (nSPS) is 20.2. The van der Waals surface area contributed by atoms with Crippen LogP contribution in [0, 0.1) is 12.3 Å². The highest BCUT2D eigenvalue weighted by atomic mass is 32.1. The molecule has 1 saturated heterocycles. The molecular formula is C27H40N4O3S. The van der Waals surface area contributed by atoms with E-state index in [1.165, 1.54) is 0 Å². The van der Waals surface area contributed by atoms with Crippen LogP contribution in [0.5, 0.6) is 0 Å². The minimum absolute atomic E-state index is 0.0529. The summed E-state index contributed by atoms with van der Waals surface area (Å²) in [5, 5.41) is 6.54. The van der Waals surface area contributed by atoms with Crippen LogP contribution in [0.3, 0.4) is 0 Å². The van der Waals surface area contributed by atoms with Gasteiger partial charge in [-0.05, 0) is 30.4 Å². The fraction of sp³-hybridized carbons (Fsp3) is 0.593.